The lowest BCUT2D eigenvalue weighted by atomic mass is 9.33. The third kappa shape index (κ3) is 8.31. The zero-order chi connectivity index (χ0) is 54.3. The molecule has 0 fully saturated rings. The Kier molecular flexibility index (Phi) is 12.3. The average Bonchev–Trinajstić information content (AvgIpc) is 3.30. The molecule has 4 heteroatoms. The second kappa shape index (κ2) is 20.8. The fraction of sp³-hybridized carbons (Fsp3) is 0. The van der Waals surface area contributed by atoms with Gasteiger partial charge < -0.3 is 14.7 Å². The van der Waals surface area contributed by atoms with Crippen molar-refractivity contribution in [2.45, 2.75) is 0 Å². The van der Waals surface area contributed by atoms with Crippen LogP contribution in [0.25, 0.3) is 66.8 Å². The van der Waals surface area contributed by atoms with Gasteiger partial charge in [-0.15, -0.1) is 0 Å². The van der Waals surface area contributed by atoms with E-state index in [4.69, 9.17) is 0 Å². The third-order valence-corrected chi connectivity index (χ3v) is 16.4. The molecule has 0 bridgehead atoms. The summed E-state index contributed by atoms with van der Waals surface area (Å²) in [6.07, 6.45) is 0. The zero-order valence-corrected chi connectivity index (χ0v) is 45.1. The first kappa shape index (κ1) is 48.5. The highest BCUT2D eigenvalue weighted by molar-refractivity contribution is 7.00. The molecule has 0 N–H and O–H groups in total. The minimum absolute atomic E-state index is 0.182. The van der Waals surface area contributed by atoms with Gasteiger partial charge >= 0.3 is 0 Å². The number of hydrogen-bond donors (Lipinski definition) is 0. The molecule has 0 saturated heterocycles. The number of hydrogen-bond acceptors (Lipinski definition) is 3. The Bertz CT molecular complexity index is 4170. The van der Waals surface area contributed by atoms with Crippen LogP contribution in [0.5, 0.6) is 0 Å². The Morgan fingerprint density at radius 1 is 0.232 bits per heavy atom. The van der Waals surface area contributed by atoms with E-state index in [1.54, 1.807) is 0 Å². The largest absolute Gasteiger partial charge is 0.310 e. The van der Waals surface area contributed by atoms with Gasteiger partial charge in [-0.05, 0) is 86.2 Å². The molecule has 0 aromatic heterocycles. The maximum Gasteiger partial charge on any atom is 0.252 e. The predicted molar refractivity (Wildman–Crippen MR) is 348 cm³/mol. The van der Waals surface area contributed by atoms with Crippen molar-refractivity contribution in [3.63, 3.8) is 0 Å². The molecule has 0 amide bonds. The monoisotopic (exact) mass is 1040 g/mol. The Morgan fingerprint density at radius 3 is 0.878 bits per heavy atom. The number of anilines is 9. The van der Waals surface area contributed by atoms with E-state index in [0.717, 1.165) is 118 Å². The molecule has 0 saturated carbocycles. The van der Waals surface area contributed by atoms with Crippen LogP contribution in [0.1, 0.15) is 0 Å². The highest BCUT2D eigenvalue weighted by Gasteiger charge is 2.46. The van der Waals surface area contributed by atoms with E-state index in [1.165, 1.54) is 16.4 Å². The summed E-state index contributed by atoms with van der Waals surface area (Å²) < 4.78 is 0. The van der Waals surface area contributed by atoms with Crippen LogP contribution in [0.3, 0.4) is 0 Å². The van der Waals surface area contributed by atoms with E-state index in [2.05, 4.69) is 342 Å². The van der Waals surface area contributed by atoms with E-state index < -0.39 is 0 Å². The predicted octanol–water partition coefficient (Wildman–Crippen LogP) is 19.2. The zero-order valence-electron chi connectivity index (χ0n) is 45.1. The van der Waals surface area contributed by atoms with E-state index in [-0.39, 0.29) is 6.71 Å². The first-order valence-electron chi connectivity index (χ1n) is 28.3. The normalized spacial score (nSPS) is 12.1. The fourth-order valence-electron chi connectivity index (χ4n) is 12.9. The summed E-state index contributed by atoms with van der Waals surface area (Å²) in [7, 11) is 0. The van der Waals surface area contributed by atoms with Crippen LogP contribution in [-0.2, 0) is 0 Å². The Balaban J connectivity index is 1.14. The topological polar surface area (TPSA) is 9.72 Å². The molecule has 13 aromatic rings. The van der Waals surface area contributed by atoms with Crippen molar-refractivity contribution < 1.29 is 0 Å². The highest BCUT2D eigenvalue weighted by atomic mass is 15.2. The number of para-hydroxylation sites is 6. The summed E-state index contributed by atoms with van der Waals surface area (Å²) in [5.41, 5.74) is 27.3. The van der Waals surface area contributed by atoms with Crippen molar-refractivity contribution in [3.8, 4) is 66.8 Å². The maximum atomic E-state index is 2.62. The maximum absolute atomic E-state index is 2.62. The molecule has 82 heavy (non-hydrogen) atoms. The van der Waals surface area contributed by atoms with Gasteiger partial charge in [0.15, 0.2) is 0 Å². The molecule has 2 aliphatic heterocycles. The summed E-state index contributed by atoms with van der Waals surface area (Å²) in [6.45, 7) is -0.182. The van der Waals surface area contributed by atoms with Gasteiger partial charge in [0.25, 0.3) is 6.71 Å². The van der Waals surface area contributed by atoms with Crippen molar-refractivity contribution in [2.75, 3.05) is 14.7 Å². The molecule has 0 atom stereocenters. The van der Waals surface area contributed by atoms with Crippen LogP contribution in [-0.4, -0.2) is 6.71 Å². The lowest BCUT2D eigenvalue weighted by Gasteiger charge is -2.46. The Morgan fingerprint density at radius 2 is 0.512 bits per heavy atom. The Hall–Kier alpha value is -10.7. The van der Waals surface area contributed by atoms with Crippen LogP contribution >= 0.6 is 0 Å². The molecule has 0 aliphatic carbocycles. The third-order valence-electron chi connectivity index (χ3n) is 16.4. The molecule has 0 unspecified atom stereocenters. The molecular formula is C78H54BN3. The minimum Gasteiger partial charge on any atom is -0.310 e. The fourth-order valence-corrected chi connectivity index (χ4v) is 12.9. The average molecular weight is 1040 g/mol. The molecule has 0 spiro atoms. The van der Waals surface area contributed by atoms with Gasteiger partial charge in [0.2, 0.25) is 0 Å². The molecule has 2 heterocycles. The van der Waals surface area contributed by atoms with Gasteiger partial charge in [-0.3, -0.25) is 0 Å². The van der Waals surface area contributed by atoms with Crippen LogP contribution in [0.2, 0.25) is 0 Å². The molecule has 0 radical (unpaired) electrons. The van der Waals surface area contributed by atoms with Gasteiger partial charge in [0, 0.05) is 56.1 Å². The minimum atomic E-state index is -0.182. The van der Waals surface area contributed by atoms with Crippen LogP contribution in [0.4, 0.5) is 51.2 Å². The summed E-state index contributed by atoms with van der Waals surface area (Å²) in [6, 6.07) is 120. The van der Waals surface area contributed by atoms with E-state index in [1.807, 2.05) is 0 Å². The molecule has 384 valence electrons. The van der Waals surface area contributed by atoms with Gasteiger partial charge in [0.05, 0.1) is 28.4 Å². The molecular weight excluding hydrogens is 990 g/mol. The van der Waals surface area contributed by atoms with E-state index >= 15 is 0 Å². The standard InChI is InChI=1S/C78H54BN3/c1-7-29-55(30-8-1)62-41-19-23-49-70(62)80(71-50-24-20-42-63(71)56-31-9-2-10-32-56)61-53-74-76-75(54-61)82(73-52-26-22-44-65(73)58-35-13-4-14-36-58)78-67(60-39-17-6-18-40-60)46-28-48-69(78)79(76)68-47-27-45-66(59-37-15-5-16-38-59)77(68)81(74)72-51-25-21-43-64(72)57-33-11-3-12-34-57/h1-54H. The van der Waals surface area contributed by atoms with Crippen LogP contribution < -0.4 is 31.1 Å². The lowest BCUT2D eigenvalue weighted by molar-refractivity contribution is 1.23. The second-order valence-corrected chi connectivity index (χ2v) is 21.1. The quantitative estimate of drug-likeness (QED) is 0.120. The molecule has 2 aliphatic rings. The first-order chi connectivity index (χ1) is 40.8. The van der Waals surface area contributed by atoms with E-state index in [0.29, 0.717) is 0 Å². The number of nitrogens with zero attached hydrogens (tertiary/aromatic N) is 3. The number of benzene rings is 13. The van der Waals surface area contributed by atoms with Gasteiger partial charge in [0.1, 0.15) is 0 Å². The molecule has 13 aromatic carbocycles. The smallest absolute Gasteiger partial charge is 0.252 e. The summed E-state index contributed by atoms with van der Waals surface area (Å²) in [5, 5.41) is 0. The number of rotatable bonds is 11. The van der Waals surface area contributed by atoms with Crippen LogP contribution in [0.15, 0.2) is 328 Å². The number of fused-ring (bicyclic) bond motifs is 4. The van der Waals surface area contributed by atoms with Crippen molar-refractivity contribution in [3.05, 3.63) is 328 Å². The van der Waals surface area contributed by atoms with Crippen molar-refractivity contribution in [1.29, 1.82) is 0 Å². The van der Waals surface area contributed by atoms with E-state index in [9.17, 15) is 0 Å². The van der Waals surface area contributed by atoms with Crippen molar-refractivity contribution in [2.24, 2.45) is 0 Å². The van der Waals surface area contributed by atoms with Gasteiger partial charge in [-0.1, -0.05) is 291 Å². The second-order valence-electron chi connectivity index (χ2n) is 21.1. The van der Waals surface area contributed by atoms with Crippen LogP contribution in [0, 0.1) is 0 Å². The van der Waals surface area contributed by atoms with Gasteiger partial charge in [-0.2, -0.15) is 0 Å². The highest BCUT2D eigenvalue weighted by Crippen LogP contribution is 2.55. The van der Waals surface area contributed by atoms with Crippen molar-refractivity contribution >= 4 is 74.3 Å². The van der Waals surface area contributed by atoms with Crippen molar-refractivity contribution in [1.82, 2.24) is 0 Å². The summed E-state index contributed by atoms with van der Waals surface area (Å²) in [5.74, 6) is 0. The lowest BCUT2D eigenvalue weighted by Crippen LogP contribution is -2.61. The first-order valence-corrected chi connectivity index (χ1v) is 28.3. The Labute approximate surface area is 480 Å². The van der Waals surface area contributed by atoms with Gasteiger partial charge in [-0.25, -0.2) is 0 Å². The molecule has 15 rings (SSSR count). The summed E-state index contributed by atoms with van der Waals surface area (Å²) >= 11 is 0. The summed E-state index contributed by atoms with van der Waals surface area (Å²) in [4.78, 5) is 7.78. The molecule has 3 nitrogen and oxygen atoms in total. The SMILES string of the molecule is c1ccc(-c2ccccc2N(c2cc3c4c(c2)N(c2ccccc2-c2ccccc2)c2c(cccc2-c2ccccc2)B4c2cccc(-c4ccccc4)c2N3c2ccccc2-c2ccccc2)c2ccccc2-c2ccccc2)cc1.